The van der Waals surface area contributed by atoms with E-state index < -0.39 is 11.4 Å². The topological polar surface area (TPSA) is 54.4 Å². The third-order valence-electron chi connectivity index (χ3n) is 4.00. The van der Waals surface area contributed by atoms with Crippen molar-refractivity contribution in [3.63, 3.8) is 0 Å². The lowest BCUT2D eigenvalue weighted by molar-refractivity contribution is -0.146. The number of carboxylic acids is 1. The van der Waals surface area contributed by atoms with Gasteiger partial charge in [-0.15, -0.1) is 0 Å². The second-order valence-corrected chi connectivity index (χ2v) is 8.31. The highest BCUT2D eigenvalue weighted by Crippen LogP contribution is 2.32. The number of rotatable bonds is 5. The molecule has 0 atom stereocenters. The van der Waals surface area contributed by atoms with Crippen LogP contribution in [0.15, 0.2) is 41.3 Å². The number of aliphatic carboxylic acids is 1. The summed E-state index contributed by atoms with van der Waals surface area (Å²) in [5.74, 6) is -0.879. The molecule has 0 aliphatic carbocycles. The van der Waals surface area contributed by atoms with Crippen LogP contribution in [0.1, 0.15) is 40.9 Å². The van der Waals surface area contributed by atoms with Gasteiger partial charge in [-0.3, -0.25) is 9.59 Å². The van der Waals surface area contributed by atoms with Gasteiger partial charge in [-0.05, 0) is 81.3 Å². The summed E-state index contributed by atoms with van der Waals surface area (Å²) in [7, 11) is 0. The predicted molar refractivity (Wildman–Crippen MR) is 103 cm³/mol. The highest BCUT2D eigenvalue weighted by molar-refractivity contribution is 8.14. The number of carbonyl (C=O) groups excluding carboxylic acids is 1. The fraction of sp³-hybridized carbons (Fsp3) is 0.300. The van der Waals surface area contributed by atoms with Crippen molar-refractivity contribution in [1.82, 2.24) is 0 Å². The molecule has 0 amide bonds. The van der Waals surface area contributed by atoms with Gasteiger partial charge in [-0.2, -0.15) is 0 Å². The van der Waals surface area contributed by atoms with Crippen LogP contribution in [0, 0.1) is 19.3 Å². The lowest BCUT2D eigenvalue weighted by Gasteiger charge is -2.22. The van der Waals surface area contributed by atoms with Crippen molar-refractivity contribution in [2.24, 2.45) is 5.41 Å². The third kappa shape index (κ3) is 4.86. The van der Waals surface area contributed by atoms with E-state index in [2.05, 4.69) is 0 Å². The average Bonchev–Trinajstić information content (AvgIpc) is 2.48. The van der Waals surface area contributed by atoms with E-state index >= 15 is 0 Å². The molecule has 2 aromatic carbocycles. The molecule has 2 aromatic rings. The van der Waals surface area contributed by atoms with Crippen LogP contribution in [-0.4, -0.2) is 16.2 Å². The minimum Gasteiger partial charge on any atom is -0.481 e. The molecule has 0 bridgehead atoms. The summed E-state index contributed by atoms with van der Waals surface area (Å²) >= 11 is 7.01. The molecule has 0 aliphatic rings. The second kappa shape index (κ2) is 7.63. The molecule has 1 N–H and O–H groups in total. The van der Waals surface area contributed by atoms with Gasteiger partial charge in [0.05, 0.1) is 5.41 Å². The zero-order valence-corrected chi connectivity index (χ0v) is 16.3. The molecule has 25 heavy (non-hydrogen) atoms. The van der Waals surface area contributed by atoms with Crippen LogP contribution in [-0.2, 0) is 11.2 Å². The molecule has 132 valence electrons. The van der Waals surface area contributed by atoms with Crippen molar-refractivity contribution in [2.45, 2.75) is 39.0 Å². The molecule has 0 fully saturated rings. The average molecular weight is 377 g/mol. The van der Waals surface area contributed by atoms with Gasteiger partial charge in [0.15, 0.2) is 0 Å². The molecule has 3 nitrogen and oxygen atoms in total. The van der Waals surface area contributed by atoms with Crippen LogP contribution >= 0.6 is 23.4 Å². The van der Waals surface area contributed by atoms with E-state index in [1.165, 1.54) is 0 Å². The van der Waals surface area contributed by atoms with Crippen molar-refractivity contribution in [3.05, 3.63) is 63.7 Å². The van der Waals surface area contributed by atoms with E-state index in [0.717, 1.165) is 33.3 Å². The first-order valence-electron chi connectivity index (χ1n) is 7.91. The first kappa shape index (κ1) is 19.5. The van der Waals surface area contributed by atoms with Gasteiger partial charge in [0.25, 0.3) is 0 Å². The van der Waals surface area contributed by atoms with Gasteiger partial charge in [0, 0.05) is 15.5 Å². The molecule has 0 radical (unpaired) electrons. The summed E-state index contributed by atoms with van der Waals surface area (Å²) in [6.07, 6.45) is 0.299. The van der Waals surface area contributed by atoms with Crippen LogP contribution < -0.4 is 0 Å². The van der Waals surface area contributed by atoms with E-state index in [4.69, 9.17) is 11.6 Å². The fourth-order valence-electron chi connectivity index (χ4n) is 2.70. The van der Waals surface area contributed by atoms with Gasteiger partial charge in [-0.1, -0.05) is 29.3 Å². The normalized spacial score (nSPS) is 11.4. The van der Waals surface area contributed by atoms with Gasteiger partial charge in [0.1, 0.15) is 0 Å². The largest absolute Gasteiger partial charge is 0.481 e. The Morgan fingerprint density at radius 2 is 1.72 bits per heavy atom. The number of aryl methyl sites for hydroxylation is 2. The number of thioether (sulfide) groups is 1. The molecule has 0 aliphatic heterocycles. The number of hydrogen-bond donors (Lipinski definition) is 1. The summed E-state index contributed by atoms with van der Waals surface area (Å²) in [6, 6.07) is 11.0. The fourth-order valence-corrected chi connectivity index (χ4v) is 3.71. The lowest BCUT2D eigenvalue weighted by Crippen LogP contribution is -2.27. The van der Waals surface area contributed by atoms with Crippen LogP contribution in [0.3, 0.4) is 0 Å². The van der Waals surface area contributed by atoms with E-state index in [1.54, 1.807) is 38.1 Å². The van der Waals surface area contributed by atoms with E-state index in [1.807, 2.05) is 26.0 Å². The van der Waals surface area contributed by atoms with E-state index in [-0.39, 0.29) is 5.12 Å². The Bertz CT molecular complexity index is 810. The third-order valence-corrected chi connectivity index (χ3v) is 5.15. The molecule has 0 saturated heterocycles. The van der Waals surface area contributed by atoms with E-state index in [0.29, 0.717) is 17.0 Å². The number of carboxylic acid groups (broad SMARTS) is 1. The molecule has 0 aromatic heterocycles. The Hall–Kier alpha value is -1.78. The first-order valence-corrected chi connectivity index (χ1v) is 9.11. The first-order chi connectivity index (χ1) is 11.6. The molecule has 2 rings (SSSR count). The summed E-state index contributed by atoms with van der Waals surface area (Å²) < 4.78 is 0. The molecule has 0 saturated carbocycles. The Balaban J connectivity index is 2.40. The summed E-state index contributed by atoms with van der Waals surface area (Å²) in [5.41, 5.74) is 2.31. The van der Waals surface area contributed by atoms with Gasteiger partial charge >= 0.3 is 5.97 Å². The standard InChI is InChI=1S/C20H21ClO3S/c1-12-9-13(2)17(14(10-12)11-20(3,4)19(23)24)18(22)25-16-7-5-15(21)6-8-16/h5-10H,11H2,1-4H3,(H,23,24). The number of halogens is 1. The van der Waals surface area contributed by atoms with Crippen molar-refractivity contribution >= 4 is 34.4 Å². The van der Waals surface area contributed by atoms with E-state index in [9.17, 15) is 14.7 Å². The van der Waals surface area contributed by atoms with Gasteiger partial charge in [-0.25, -0.2) is 0 Å². The number of carbonyl (C=O) groups is 2. The molecule has 0 unspecified atom stereocenters. The minimum absolute atomic E-state index is 0.0870. The van der Waals surface area contributed by atoms with Gasteiger partial charge < -0.3 is 5.11 Å². The number of hydrogen-bond acceptors (Lipinski definition) is 3. The molecule has 0 spiro atoms. The summed E-state index contributed by atoms with van der Waals surface area (Å²) in [5, 5.41) is 9.96. The van der Waals surface area contributed by atoms with Crippen molar-refractivity contribution < 1.29 is 14.7 Å². The quantitative estimate of drug-likeness (QED) is 0.696. The zero-order valence-electron chi connectivity index (χ0n) is 14.7. The predicted octanol–water partition coefficient (Wildman–Crippen LogP) is 5.54. The van der Waals surface area contributed by atoms with Crippen molar-refractivity contribution in [2.75, 3.05) is 0 Å². The Kier molecular flexibility index (Phi) is 5.96. The number of benzene rings is 2. The Labute approximate surface area is 157 Å². The molecule has 0 heterocycles. The maximum Gasteiger partial charge on any atom is 0.309 e. The highest BCUT2D eigenvalue weighted by atomic mass is 35.5. The van der Waals surface area contributed by atoms with Crippen LogP contribution in [0.5, 0.6) is 0 Å². The maximum atomic E-state index is 12.9. The SMILES string of the molecule is Cc1cc(C)c(C(=O)Sc2ccc(Cl)cc2)c(CC(C)(C)C(=O)O)c1. The Morgan fingerprint density at radius 1 is 1.12 bits per heavy atom. The zero-order chi connectivity index (χ0) is 18.8. The van der Waals surface area contributed by atoms with Crippen molar-refractivity contribution in [3.8, 4) is 0 Å². The summed E-state index contributed by atoms with van der Waals surface area (Å²) in [4.78, 5) is 25.2. The maximum absolute atomic E-state index is 12.9. The van der Waals surface area contributed by atoms with Crippen LogP contribution in [0.2, 0.25) is 5.02 Å². The highest BCUT2D eigenvalue weighted by Gasteiger charge is 2.30. The second-order valence-electron chi connectivity index (χ2n) is 6.83. The van der Waals surface area contributed by atoms with Crippen LogP contribution in [0.25, 0.3) is 0 Å². The van der Waals surface area contributed by atoms with Gasteiger partial charge in [0.2, 0.25) is 5.12 Å². The summed E-state index contributed by atoms with van der Waals surface area (Å²) in [6.45, 7) is 7.19. The molecule has 5 heteroatoms. The molecular formula is C20H21ClO3S. The minimum atomic E-state index is -0.944. The monoisotopic (exact) mass is 376 g/mol. The smallest absolute Gasteiger partial charge is 0.309 e. The molecular weight excluding hydrogens is 356 g/mol. The van der Waals surface area contributed by atoms with Crippen LogP contribution in [0.4, 0.5) is 0 Å². The Morgan fingerprint density at radius 3 is 2.28 bits per heavy atom. The van der Waals surface area contributed by atoms with Crippen molar-refractivity contribution in [1.29, 1.82) is 0 Å². The lowest BCUT2D eigenvalue weighted by atomic mass is 9.83.